The monoisotopic (exact) mass is 361 g/mol. The standard InChI is InChI=1S/C14H20INO2/c1-10(12-3-5-13(15)6-4-12)16-9-14(17)7-8-18-11(14)2/h3-6,10-11,16-17H,7-9H2,1-2H3. The van der Waals surface area contributed by atoms with E-state index in [1.54, 1.807) is 0 Å². The van der Waals surface area contributed by atoms with E-state index in [0.717, 1.165) is 0 Å². The van der Waals surface area contributed by atoms with Crippen LogP contribution in [0.15, 0.2) is 24.3 Å². The molecule has 0 bridgehead atoms. The van der Waals surface area contributed by atoms with E-state index in [1.807, 2.05) is 6.92 Å². The summed E-state index contributed by atoms with van der Waals surface area (Å²) in [4.78, 5) is 0. The Morgan fingerprint density at radius 3 is 2.72 bits per heavy atom. The molecule has 3 atom stereocenters. The summed E-state index contributed by atoms with van der Waals surface area (Å²) in [6, 6.07) is 8.68. The molecule has 2 N–H and O–H groups in total. The maximum absolute atomic E-state index is 10.4. The molecule has 1 fully saturated rings. The van der Waals surface area contributed by atoms with E-state index < -0.39 is 5.60 Å². The molecule has 3 nitrogen and oxygen atoms in total. The Balaban J connectivity index is 1.92. The average molecular weight is 361 g/mol. The normalized spacial score (nSPS) is 29.4. The van der Waals surface area contributed by atoms with Gasteiger partial charge in [-0.1, -0.05) is 12.1 Å². The first-order valence-corrected chi connectivity index (χ1v) is 7.42. The summed E-state index contributed by atoms with van der Waals surface area (Å²) >= 11 is 2.30. The molecule has 1 aromatic carbocycles. The SMILES string of the molecule is CC(NCC1(O)CCOC1C)c1ccc(I)cc1. The van der Waals surface area contributed by atoms with Crippen molar-refractivity contribution in [2.45, 2.75) is 38.0 Å². The summed E-state index contributed by atoms with van der Waals surface area (Å²) in [7, 11) is 0. The molecule has 18 heavy (non-hydrogen) atoms. The maximum Gasteiger partial charge on any atom is 0.105 e. The number of aliphatic hydroxyl groups is 1. The van der Waals surface area contributed by atoms with Crippen molar-refractivity contribution in [1.29, 1.82) is 0 Å². The topological polar surface area (TPSA) is 41.5 Å². The van der Waals surface area contributed by atoms with Crippen LogP contribution in [0.25, 0.3) is 0 Å². The van der Waals surface area contributed by atoms with Gasteiger partial charge in [0.1, 0.15) is 5.60 Å². The molecule has 100 valence electrons. The number of rotatable bonds is 4. The lowest BCUT2D eigenvalue weighted by Crippen LogP contribution is -2.46. The zero-order chi connectivity index (χ0) is 13.2. The lowest BCUT2D eigenvalue weighted by molar-refractivity contribution is -0.0274. The number of benzene rings is 1. The van der Waals surface area contributed by atoms with Crippen molar-refractivity contribution in [3.05, 3.63) is 33.4 Å². The van der Waals surface area contributed by atoms with Gasteiger partial charge in [0.2, 0.25) is 0 Å². The maximum atomic E-state index is 10.4. The van der Waals surface area contributed by atoms with Crippen molar-refractivity contribution in [2.24, 2.45) is 0 Å². The summed E-state index contributed by atoms with van der Waals surface area (Å²) in [5, 5.41) is 13.8. The quantitative estimate of drug-likeness (QED) is 0.810. The Morgan fingerprint density at radius 2 is 2.17 bits per heavy atom. The highest BCUT2D eigenvalue weighted by atomic mass is 127. The Kier molecular flexibility index (Phi) is 4.64. The highest BCUT2D eigenvalue weighted by molar-refractivity contribution is 14.1. The lowest BCUT2D eigenvalue weighted by atomic mass is 9.96. The second-order valence-corrected chi connectivity index (χ2v) is 6.27. The van der Waals surface area contributed by atoms with Gasteiger partial charge in [-0.2, -0.15) is 0 Å². The van der Waals surface area contributed by atoms with Gasteiger partial charge in [0, 0.05) is 29.2 Å². The van der Waals surface area contributed by atoms with E-state index >= 15 is 0 Å². The fourth-order valence-electron chi connectivity index (χ4n) is 2.20. The predicted molar refractivity (Wildman–Crippen MR) is 80.6 cm³/mol. The minimum absolute atomic E-state index is 0.0890. The first-order chi connectivity index (χ1) is 8.51. The largest absolute Gasteiger partial charge is 0.386 e. The third-order valence-corrected chi connectivity index (χ3v) is 4.46. The molecule has 1 aliphatic heterocycles. The van der Waals surface area contributed by atoms with E-state index in [2.05, 4.69) is 59.1 Å². The van der Waals surface area contributed by atoms with E-state index in [4.69, 9.17) is 4.74 Å². The fraction of sp³-hybridized carbons (Fsp3) is 0.571. The van der Waals surface area contributed by atoms with Gasteiger partial charge in [0.15, 0.2) is 0 Å². The minimum atomic E-state index is -0.725. The van der Waals surface area contributed by atoms with Crippen LogP contribution in [-0.2, 0) is 4.74 Å². The van der Waals surface area contributed by atoms with Crippen LogP contribution in [0.2, 0.25) is 0 Å². The number of nitrogens with one attached hydrogen (secondary N) is 1. The van der Waals surface area contributed by atoms with E-state index in [9.17, 15) is 5.11 Å². The highest BCUT2D eigenvalue weighted by Gasteiger charge is 2.39. The molecule has 0 saturated carbocycles. The van der Waals surface area contributed by atoms with Crippen molar-refractivity contribution < 1.29 is 9.84 Å². The first kappa shape index (κ1) is 14.2. The fourth-order valence-corrected chi connectivity index (χ4v) is 2.56. The second kappa shape index (κ2) is 5.86. The van der Waals surface area contributed by atoms with Crippen LogP contribution < -0.4 is 5.32 Å². The van der Waals surface area contributed by atoms with Gasteiger partial charge in [0.25, 0.3) is 0 Å². The van der Waals surface area contributed by atoms with Crippen molar-refractivity contribution in [2.75, 3.05) is 13.2 Å². The van der Waals surface area contributed by atoms with Crippen LogP contribution in [0.3, 0.4) is 0 Å². The van der Waals surface area contributed by atoms with Crippen molar-refractivity contribution >= 4 is 22.6 Å². The van der Waals surface area contributed by atoms with Crippen LogP contribution in [0.5, 0.6) is 0 Å². The van der Waals surface area contributed by atoms with Crippen molar-refractivity contribution in [3.8, 4) is 0 Å². The van der Waals surface area contributed by atoms with Gasteiger partial charge in [0.05, 0.1) is 6.10 Å². The molecule has 2 rings (SSSR count). The molecule has 4 heteroatoms. The van der Waals surface area contributed by atoms with Crippen LogP contribution in [0.4, 0.5) is 0 Å². The van der Waals surface area contributed by atoms with E-state index in [-0.39, 0.29) is 12.1 Å². The van der Waals surface area contributed by atoms with Gasteiger partial charge in [-0.25, -0.2) is 0 Å². The molecule has 1 aliphatic rings. The Morgan fingerprint density at radius 1 is 1.50 bits per heavy atom. The summed E-state index contributed by atoms with van der Waals surface area (Å²) in [6.07, 6.45) is 0.620. The summed E-state index contributed by atoms with van der Waals surface area (Å²) in [5.41, 5.74) is 0.517. The van der Waals surface area contributed by atoms with Crippen LogP contribution in [0.1, 0.15) is 31.9 Å². The van der Waals surface area contributed by atoms with Crippen LogP contribution >= 0.6 is 22.6 Å². The Labute approximate surface area is 122 Å². The predicted octanol–water partition coefficient (Wildman–Crippen LogP) is 2.48. The van der Waals surface area contributed by atoms with E-state index in [0.29, 0.717) is 19.6 Å². The zero-order valence-electron chi connectivity index (χ0n) is 10.8. The summed E-state index contributed by atoms with van der Waals surface area (Å²) in [6.45, 7) is 5.27. The molecular formula is C14H20INO2. The number of ether oxygens (including phenoxy) is 1. The van der Waals surface area contributed by atoms with Gasteiger partial charge >= 0.3 is 0 Å². The molecule has 0 radical (unpaired) electrons. The van der Waals surface area contributed by atoms with Crippen LogP contribution in [-0.4, -0.2) is 30.0 Å². The smallest absolute Gasteiger partial charge is 0.105 e. The lowest BCUT2D eigenvalue weighted by Gasteiger charge is -2.28. The molecule has 1 heterocycles. The van der Waals surface area contributed by atoms with Gasteiger partial charge in [-0.15, -0.1) is 0 Å². The molecule has 3 unspecified atom stereocenters. The molecule has 0 aromatic heterocycles. The first-order valence-electron chi connectivity index (χ1n) is 6.34. The Bertz CT molecular complexity index is 395. The number of hydrogen-bond donors (Lipinski definition) is 2. The molecule has 0 spiro atoms. The highest BCUT2D eigenvalue weighted by Crippen LogP contribution is 2.25. The summed E-state index contributed by atoms with van der Waals surface area (Å²) < 4.78 is 6.67. The third-order valence-electron chi connectivity index (χ3n) is 3.74. The van der Waals surface area contributed by atoms with Gasteiger partial charge in [-0.3, -0.25) is 0 Å². The van der Waals surface area contributed by atoms with Gasteiger partial charge in [-0.05, 0) is 54.1 Å². The molecule has 0 amide bonds. The number of hydrogen-bond acceptors (Lipinski definition) is 3. The van der Waals surface area contributed by atoms with Crippen molar-refractivity contribution in [1.82, 2.24) is 5.32 Å². The Hall–Kier alpha value is -0.170. The van der Waals surface area contributed by atoms with E-state index in [1.165, 1.54) is 9.13 Å². The van der Waals surface area contributed by atoms with Crippen LogP contribution in [0, 0.1) is 3.57 Å². The number of halogens is 1. The zero-order valence-corrected chi connectivity index (χ0v) is 13.0. The second-order valence-electron chi connectivity index (χ2n) is 5.02. The molecular weight excluding hydrogens is 341 g/mol. The van der Waals surface area contributed by atoms with Crippen molar-refractivity contribution in [3.63, 3.8) is 0 Å². The third kappa shape index (κ3) is 3.23. The molecule has 1 saturated heterocycles. The average Bonchev–Trinajstić information content (AvgIpc) is 2.68. The minimum Gasteiger partial charge on any atom is -0.386 e. The van der Waals surface area contributed by atoms with Gasteiger partial charge < -0.3 is 15.2 Å². The molecule has 0 aliphatic carbocycles. The molecule has 1 aromatic rings. The summed E-state index contributed by atoms with van der Waals surface area (Å²) in [5.74, 6) is 0.